The first-order valence-corrected chi connectivity index (χ1v) is 4.59. The molecule has 0 spiro atoms. The van der Waals surface area contributed by atoms with Gasteiger partial charge >= 0.3 is 0 Å². The molecule has 0 aliphatic rings. The van der Waals surface area contributed by atoms with Crippen LogP contribution in [-0.4, -0.2) is 16.2 Å². The van der Waals surface area contributed by atoms with Crippen LogP contribution < -0.4 is 5.32 Å². The SMILES string of the molecule is Cn1cc(-c2cccc(NC=O)c2)cn1. The van der Waals surface area contributed by atoms with E-state index in [9.17, 15) is 4.79 Å². The van der Waals surface area contributed by atoms with Crippen molar-refractivity contribution in [2.24, 2.45) is 7.05 Å². The van der Waals surface area contributed by atoms with Crippen molar-refractivity contribution < 1.29 is 4.79 Å². The number of benzene rings is 1. The van der Waals surface area contributed by atoms with Gasteiger partial charge in [-0.3, -0.25) is 9.48 Å². The zero-order chi connectivity index (χ0) is 10.7. The molecule has 1 N–H and O–H groups in total. The molecule has 0 aliphatic heterocycles. The average Bonchev–Trinajstić information content (AvgIpc) is 2.66. The largest absolute Gasteiger partial charge is 0.329 e. The number of aryl methyl sites for hydroxylation is 1. The molecular weight excluding hydrogens is 190 g/mol. The minimum absolute atomic E-state index is 0.669. The molecule has 15 heavy (non-hydrogen) atoms. The zero-order valence-corrected chi connectivity index (χ0v) is 8.34. The highest BCUT2D eigenvalue weighted by molar-refractivity contribution is 5.75. The van der Waals surface area contributed by atoms with Crippen LogP contribution in [-0.2, 0) is 11.8 Å². The molecule has 1 amide bonds. The van der Waals surface area contributed by atoms with Crippen LogP contribution in [0.2, 0.25) is 0 Å². The van der Waals surface area contributed by atoms with Crippen molar-refractivity contribution in [3.05, 3.63) is 36.7 Å². The summed E-state index contributed by atoms with van der Waals surface area (Å²) in [7, 11) is 1.87. The molecule has 0 saturated carbocycles. The topological polar surface area (TPSA) is 46.9 Å². The molecule has 0 atom stereocenters. The van der Waals surface area contributed by atoms with Gasteiger partial charge in [-0.05, 0) is 17.7 Å². The van der Waals surface area contributed by atoms with E-state index in [0.717, 1.165) is 16.8 Å². The predicted molar refractivity (Wildman–Crippen MR) is 58.3 cm³/mol. The number of aromatic nitrogens is 2. The van der Waals surface area contributed by atoms with E-state index in [-0.39, 0.29) is 0 Å². The molecule has 2 rings (SSSR count). The third-order valence-electron chi connectivity index (χ3n) is 2.13. The highest BCUT2D eigenvalue weighted by atomic mass is 16.1. The number of anilines is 1. The molecule has 1 aromatic carbocycles. The minimum atomic E-state index is 0.669. The Labute approximate surface area is 87.5 Å². The molecule has 2 aromatic rings. The van der Waals surface area contributed by atoms with Crippen molar-refractivity contribution in [1.82, 2.24) is 9.78 Å². The fraction of sp³-hybridized carbons (Fsp3) is 0.0909. The Bertz CT molecular complexity index is 476. The standard InChI is InChI=1S/C11H11N3O/c1-14-7-10(6-13-14)9-3-2-4-11(5-9)12-8-15/h2-8H,1H3,(H,12,15). The van der Waals surface area contributed by atoms with Crippen LogP contribution in [0.4, 0.5) is 5.69 Å². The Morgan fingerprint density at radius 3 is 2.93 bits per heavy atom. The molecule has 0 radical (unpaired) electrons. The molecule has 0 saturated heterocycles. The normalized spacial score (nSPS) is 9.93. The van der Waals surface area contributed by atoms with Crippen molar-refractivity contribution in [2.45, 2.75) is 0 Å². The predicted octanol–water partition coefficient (Wildman–Crippen LogP) is 1.66. The summed E-state index contributed by atoms with van der Waals surface area (Å²) in [5.41, 5.74) is 2.85. The van der Waals surface area contributed by atoms with Crippen LogP contribution in [0, 0.1) is 0 Å². The van der Waals surface area contributed by atoms with Gasteiger partial charge in [0.05, 0.1) is 6.20 Å². The van der Waals surface area contributed by atoms with E-state index in [4.69, 9.17) is 0 Å². The molecule has 76 valence electrons. The van der Waals surface area contributed by atoms with Crippen molar-refractivity contribution in [2.75, 3.05) is 5.32 Å². The molecule has 1 heterocycles. The number of carbonyl (C=O) groups is 1. The van der Waals surface area contributed by atoms with Crippen molar-refractivity contribution >= 4 is 12.1 Å². The van der Waals surface area contributed by atoms with Crippen molar-refractivity contribution in [3.8, 4) is 11.1 Å². The Balaban J connectivity index is 2.36. The van der Waals surface area contributed by atoms with Crippen LogP contribution in [0.15, 0.2) is 36.7 Å². The lowest BCUT2D eigenvalue weighted by molar-refractivity contribution is -0.105. The molecule has 0 bridgehead atoms. The van der Waals surface area contributed by atoms with E-state index in [1.165, 1.54) is 0 Å². The molecule has 0 unspecified atom stereocenters. The summed E-state index contributed by atoms with van der Waals surface area (Å²) >= 11 is 0. The third kappa shape index (κ3) is 2.04. The number of carbonyl (C=O) groups excluding carboxylic acids is 1. The average molecular weight is 201 g/mol. The van der Waals surface area contributed by atoms with Crippen LogP contribution in [0.5, 0.6) is 0 Å². The van der Waals surface area contributed by atoms with Gasteiger partial charge in [0.15, 0.2) is 0 Å². The van der Waals surface area contributed by atoms with Crippen molar-refractivity contribution in [1.29, 1.82) is 0 Å². The Morgan fingerprint density at radius 2 is 2.27 bits per heavy atom. The van der Waals surface area contributed by atoms with E-state index in [1.54, 1.807) is 10.9 Å². The highest BCUT2D eigenvalue weighted by Crippen LogP contribution is 2.21. The number of hydrogen-bond acceptors (Lipinski definition) is 2. The fourth-order valence-electron chi connectivity index (χ4n) is 1.43. The summed E-state index contributed by atoms with van der Waals surface area (Å²) in [5.74, 6) is 0. The minimum Gasteiger partial charge on any atom is -0.329 e. The quantitative estimate of drug-likeness (QED) is 0.767. The molecule has 0 fully saturated rings. The third-order valence-corrected chi connectivity index (χ3v) is 2.13. The number of rotatable bonds is 3. The van der Waals surface area contributed by atoms with Gasteiger partial charge in [0.25, 0.3) is 0 Å². The van der Waals surface area contributed by atoms with Gasteiger partial charge in [0.2, 0.25) is 6.41 Å². The maximum absolute atomic E-state index is 10.3. The molecular formula is C11H11N3O. The number of hydrogen-bond donors (Lipinski definition) is 1. The summed E-state index contributed by atoms with van der Waals surface area (Å²) in [6.07, 6.45) is 4.39. The van der Waals surface area contributed by atoms with E-state index >= 15 is 0 Å². The van der Waals surface area contributed by atoms with Gasteiger partial charge in [0, 0.05) is 24.5 Å². The summed E-state index contributed by atoms with van der Waals surface area (Å²) < 4.78 is 1.75. The lowest BCUT2D eigenvalue weighted by Crippen LogP contribution is -1.93. The highest BCUT2D eigenvalue weighted by Gasteiger charge is 2.00. The van der Waals surface area contributed by atoms with Crippen molar-refractivity contribution in [3.63, 3.8) is 0 Å². The smallest absolute Gasteiger partial charge is 0.211 e. The van der Waals surface area contributed by atoms with Crippen LogP contribution >= 0.6 is 0 Å². The van der Waals surface area contributed by atoms with E-state index < -0.39 is 0 Å². The van der Waals surface area contributed by atoms with Crippen LogP contribution in [0.3, 0.4) is 0 Å². The van der Waals surface area contributed by atoms with Crippen LogP contribution in [0.1, 0.15) is 0 Å². The van der Waals surface area contributed by atoms with E-state index in [0.29, 0.717) is 6.41 Å². The maximum Gasteiger partial charge on any atom is 0.211 e. The summed E-state index contributed by atoms with van der Waals surface area (Å²) in [5, 5.41) is 6.71. The van der Waals surface area contributed by atoms with Gasteiger partial charge < -0.3 is 5.32 Å². The number of nitrogens with zero attached hydrogens (tertiary/aromatic N) is 2. The van der Waals surface area contributed by atoms with E-state index in [1.807, 2.05) is 37.5 Å². The Morgan fingerprint density at radius 1 is 1.40 bits per heavy atom. The lowest BCUT2D eigenvalue weighted by Gasteiger charge is -2.01. The number of nitrogens with one attached hydrogen (secondary N) is 1. The molecule has 1 aromatic heterocycles. The second kappa shape index (κ2) is 3.96. The first-order chi connectivity index (χ1) is 7.29. The first-order valence-electron chi connectivity index (χ1n) is 4.59. The van der Waals surface area contributed by atoms with Crippen LogP contribution in [0.25, 0.3) is 11.1 Å². The Kier molecular flexibility index (Phi) is 2.49. The summed E-state index contributed by atoms with van der Waals surface area (Å²) in [6.45, 7) is 0. The Hall–Kier alpha value is -2.10. The maximum atomic E-state index is 10.3. The van der Waals surface area contributed by atoms with Gasteiger partial charge in [-0.25, -0.2) is 0 Å². The summed E-state index contributed by atoms with van der Waals surface area (Å²) in [4.78, 5) is 10.3. The molecule has 4 heteroatoms. The first kappa shape index (κ1) is 9.45. The molecule has 0 aliphatic carbocycles. The monoisotopic (exact) mass is 201 g/mol. The van der Waals surface area contributed by atoms with Gasteiger partial charge in [-0.2, -0.15) is 5.10 Å². The van der Waals surface area contributed by atoms with Gasteiger partial charge in [-0.15, -0.1) is 0 Å². The summed E-state index contributed by atoms with van der Waals surface area (Å²) in [6, 6.07) is 7.63. The second-order valence-electron chi connectivity index (χ2n) is 3.25. The fourth-order valence-corrected chi connectivity index (χ4v) is 1.43. The van der Waals surface area contributed by atoms with Gasteiger partial charge in [-0.1, -0.05) is 12.1 Å². The van der Waals surface area contributed by atoms with E-state index in [2.05, 4.69) is 10.4 Å². The zero-order valence-electron chi connectivity index (χ0n) is 8.34. The molecule has 4 nitrogen and oxygen atoms in total. The lowest BCUT2D eigenvalue weighted by atomic mass is 10.1. The second-order valence-corrected chi connectivity index (χ2v) is 3.25. The number of amides is 1. The van der Waals surface area contributed by atoms with Gasteiger partial charge in [0.1, 0.15) is 0 Å².